The van der Waals surface area contributed by atoms with Crippen molar-refractivity contribution in [1.82, 2.24) is 9.29 Å². The first-order chi connectivity index (χ1) is 9.37. The van der Waals surface area contributed by atoms with Crippen LogP contribution < -0.4 is 5.32 Å². The zero-order chi connectivity index (χ0) is 15.2. The fourth-order valence-corrected chi connectivity index (χ4v) is 2.73. The van der Waals surface area contributed by atoms with Gasteiger partial charge >= 0.3 is 0 Å². The highest BCUT2D eigenvalue weighted by molar-refractivity contribution is 7.89. The van der Waals surface area contributed by atoms with Gasteiger partial charge in [-0.2, -0.15) is 4.31 Å². The van der Waals surface area contributed by atoms with Crippen molar-refractivity contribution < 1.29 is 13.2 Å². The van der Waals surface area contributed by atoms with E-state index >= 15 is 0 Å². The Morgan fingerprint density at radius 3 is 2.75 bits per heavy atom. The molecule has 0 aliphatic heterocycles. The van der Waals surface area contributed by atoms with E-state index in [0.717, 1.165) is 0 Å². The normalized spacial score (nSPS) is 12.1. The highest BCUT2D eigenvalue weighted by atomic mass is 32.2. The van der Waals surface area contributed by atoms with Gasteiger partial charge < -0.3 is 10.1 Å². The molecule has 20 heavy (non-hydrogen) atoms. The van der Waals surface area contributed by atoms with E-state index in [-0.39, 0.29) is 11.0 Å². The molecular weight excluding hydrogens is 278 g/mol. The third-order valence-electron chi connectivity index (χ3n) is 2.65. The van der Waals surface area contributed by atoms with Crippen LogP contribution in [-0.4, -0.2) is 50.6 Å². The lowest BCUT2D eigenvalue weighted by atomic mass is 10.4. The van der Waals surface area contributed by atoms with Gasteiger partial charge in [-0.1, -0.05) is 0 Å². The Morgan fingerprint density at radius 1 is 1.45 bits per heavy atom. The van der Waals surface area contributed by atoms with E-state index in [9.17, 15) is 8.42 Å². The van der Waals surface area contributed by atoms with Gasteiger partial charge in [-0.3, -0.25) is 0 Å². The van der Waals surface area contributed by atoms with E-state index in [1.54, 1.807) is 13.1 Å². The van der Waals surface area contributed by atoms with E-state index < -0.39 is 10.0 Å². The summed E-state index contributed by atoms with van der Waals surface area (Å²) in [7, 11) is -1.96. The monoisotopic (exact) mass is 301 g/mol. The lowest BCUT2D eigenvalue weighted by Gasteiger charge is -2.18. The van der Waals surface area contributed by atoms with E-state index in [0.29, 0.717) is 25.5 Å². The number of hydrogen-bond donors (Lipinski definition) is 1. The molecule has 0 radical (unpaired) electrons. The number of ether oxygens (including phenoxy) is 1. The molecule has 1 aromatic rings. The van der Waals surface area contributed by atoms with Gasteiger partial charge in [0.05, 0.1) is 17.6 Å². The highest BCUT2D eigenvalue weighted by Crippen LogP contribution is 2.16. The third-order valence-corrected chi connectivity index (χ3v) is 4.51. The Bertz CT molecular complexity index is 517. The van der Waals surface area contributed by atoms with Gasteiger partial charge in [0.15, 0.2) is 0 Å². The minimum atomic E-state index is -3.50. The maximum absolute atomic E-state index is 12.4. The molecular formula is C13H23N3O3S. The predicted octanol–water partition coefficient (Wildman–Crippen LogP) is 1.56. The molecule has 1 heterocycles. The Kier molecular flexibility index (Phi) is 6.38. The van der Waals surface area contributed by atoms with Crippen molar-refractivity contribution in [2.75, 3.05) is 32.1 Å². The van der Waals surface area contributed by atoms with Crippen LogP contribution in [0.2, 0.25) is 0 Å². The third kappa shape index (κ3) is 4.73. The molecule has 7 heteroatoms. The van der Waals surface area contributed by atoms with Gasteiger partial charge in [0, 0.05) is 32.4 Å². The molecule has 0 unspecified atom stereocenters. The van der Waals surface area contributed by atoms with Crippen molar-refractivity contribution >= 4 is 15.8 Å². The minimum absolute atomic E-state index is 0.0902. The number of nitrogens with zero attached hydrogens (tertiary/aromatic N) is 2. The molecule has 6 nitrogen and oxygen atoms in total. The SMILES string of the molecule is CCNc1cc(S(=O)(=O)N(C)CCOC(C)C)ccn1. The Balaban J connectivity index is 2.79. The average Bonchev–Trinajstić information content (AvgIpc) is 2.39. The van der Waals surface area contributed by atoms with Crippen LogP contribution in [0.1, 0.15) is 20.8 Å². The van der Waals surface area contributed by atoms with Crippen LogP contribution in [0, 0.1) is 0 Å². The second kappa shape index (κ2) is 7.56. The minimum Gasteiger partial charge on any atom is -0.377 e. The molecule has 1 rings (SSSR count). The van der Waals surface area contributed by atoms with Gasteiger partial charge in [-0.25, -0.2) is 13.4 Å². The van der Waals surface area contributed by atoms with Gasteiger partial charge in [0.1, 0.15) is 5.82 Å². The number of likely N-dealkylation sites (N-methyl/N-ethyl adjacent to an activating group) is 1. The van der Waals surface area contributed by atoms with E-state index in [2.05, 4.69) is 10.3 Å². The number of nitrogens with one attached hydrogen (secondary N) is 1. The first-order valence-corrected chi connectivity index (χ1v) is 8.09. The van der Waals surface area contributed by atoms with Crippen molar-refractivity contribution in [1.29, 1.82) is 0 Å². The largest absolute Gasteiger partial charge is 0.377 e. The lowest BCUT2D eigenvalue weighted by molar-refractivity contribution is 0.0737. The number of aromatic nitrogens is 1. The summed E-state index contributed by atoms with van der Waals surface area (Å²) >= 11 is 0. The van der Waals surface area contributed by atoms with E-state index in [1.165, 1.54) is 16.6 Å². The van der Waals surface area contributed by atoms with Crippen molar-refractivity contribution in [3.63, 3.8) is 0 Å². The first-order valence-electron chi connectivity index (χ1n) is 6.65. The van der Waals surface area contributed by atoms with Crippen LogP contribution >= 0.6 is 0 Å². The van der Waals surface area contributed by atoms with E-state index in [4.69, 9.17) is 4.74 Å². The van der Waals surface area contributed by atoms with Gasteiger partial charge in [-0.05, 0) is 26.8 Å². The molecule has 114 valence electrons. The summed E-state index contributed by atoms with van der Waals surface area (Å²) in [6.45, 7) is 7.14. The van der Waals surface area contributed by atoms with Gasteiger partial charge in [0.2, 0.25) is 10.0 Å². The second-order valence-electron chi connectivity index (χ2n) is 4.65. The number of hydrogen-bond acceptors (Lipinski definition) is 5. The van der Waals surface area contributed by atoms with Crippen LogP contribution in [0.3, 0.4) is 0 Å². The molecule has 0 saturated carbocycles. The van der Waals surface area contributed by atoms with Crippen molar-refractivity contribution in [3.05, 3.63) is 18.3 Å². The van der Waals surface area contributed by atoms with Crippen molar-refractivity contribution in [2.24, 2.45) is 0 Å². The molecule has 1 N–H and O–H groups in total. The molecule has 0 spiro atoms. The smallest absolute Gasteiger partial charge is 0.243 e. The Morgan fingerprint density at radius 2 is 2.15 bits per heavy atom. The quantitative estimate of drug-likeness (QED) is 0.789. The standard InChI is InChI=1S/C13H23N3O3S/c1-5-14-13-10-12(6-7-15-13)20(17,18)16(4)8-9-19-11(2)3/h6-7,10-11H,5,8-9H2,1-4H3,(H,14,15). The van der Waals surface area contributed by atoms with Crippen LogP contribution in [0.25, 0.3) is 0 Å². The van der Waals surface area contributed by atoms with E-state index in [1.807, 2.05) is 20.8 Å². The van der Waals surface area contributed by atoms with Crippen LogP contribution in [0.15, 0.2) is 23.2 Å². The zero-order valence-electron chi connectivity index (χ0n) is 12.5. The maximum Gasteiger partial charge on any atom is 0.243 e. The molecule has 0 atom stereocenters. The van der Waals surface area contributed by atoms with Crippen molar-refractivity contribution in [3.8, 4) is 0 Å². The van der Waals surface area contributed by atoms with Gasteiger partial charge in [0.25, 0.3) is 0 Å². The highest BCUT2D eigenvalue weighted by Gasteiger charge is 2.21. The molecule has 0 amide bonds. The van der Waals surface area contributed by atoms with Crippen LogP contribution in [0.5, 0.6) is 0 Å². The summed E-state index contributed by atoms with van der Waals surface area (Å²) in [5.74, 6) is 0.556. The van der Waals surface area contributed by atoms with Gasteiger partial charge in [-0.15, -0.1) is 0 Å². The fourth-order valence-electron chi connectivity index (χ4n) is 1.57. The molecule has 0 saturated heterocycles. The number of rotatable bonds is 8. The molecule has 0 aliphatic rings. The lowest BCUT2D eigenvalue weighted by Crippen LogP contribution is -2.31. The topological polar surface area (TPSA) is 71.5 Å². The summed E-state index contributed by atoms with van der Waals surface area (Å²) < 4.78 is 31.4. The summed E-state index contributed by atoms with van der Waals surface area (Å²) in [6, 6.07) is 3.04. The number of pyridine rings is 1. The summed E-state index contributed by atoms with van der Waals surface area (Å²) in [4.78, 5) is 4.30. The Hall–Kier alpha value is -1.18. The Labute approximate surface area is 121 Å². The zero-order valence-corrected chi connectivity index (χ0v) is 13.3. The maximum atomic E-state index is 12.4. The molecule has 0 bridgehead atoms. The average molecular weight is 301 g/mol. The van der Waals surface area contributed by atoms with Crippen molar-refractivity contribution in [2.45, 2.75) is 31.8 Å². The van der Waals surface area contributed by atoms with Crippen LogP contribution in [0.4, 0.5) is 5.82 Å². The summed E-state index contributed by atoms with van der Waals surface area (Å²) in [5.41, 5.74) is 0. The van der Waals surface area contributed by atoms with Crippen LogP contribution in [-0.2, 0) is 14.8 Å². The predicted molar refractivity (Wildman–Crippen MR) is 79.3 cm³/mol. The molecule has 1 aromatic heterocycles. The summed E-state index contributed by atoms with van der Waals surface area (Å²) in [5, 5.41) is 3.00. The first kappa shape index (κ1) is 16.9. The number of sulfonamides is 1. The summed E-state index contributed by atoms with van der Waals surface area (Å²) in [6.07, 6.45) is 1.58. The molecule has 0 fully saturated rings. The fraction of sp³-hybridized carbons (Fsp3) is 0.615. The number of anilines is 1. The molecule has 0 aliphatic carbocycles. The second-order valence-corrected chi connectivity index (χ2v) is 6.70. The molecule has 0 aromatic carbocycles.